The van der Waals surface area contributed by atoms with Crippen LogP contribution in [0.4, 0.5) is 5.69 Å². The van der Waals surface area contributed by atoms with Crippen LogP contribution in [0.5, 0.6) is 0 Å². The number of carbonyl (C=O) groups excluding carboxylic acids is 1. The van der Waals surface area contributed by atoms with Gasteiger partial charge >= 0.3 is 0 Å². The lowest BCUT2D eigenvalue weighted by Gasteiger charge is -2.16. The number of aryl methyl sites for hydroxylation is 1. The van der Waals surface area contributed by atoms with E-state index < -0.39 is 4.92 Å². The summed E-state index contributed by atoms with van der Waals surface area (Å²) in [6, 6.07) is 3.94. The Morgan fingerprint density at radius 3 is 2.65 bits per heavy atom. The van der Waals surface area contributed by atoms with Crippen molar-refractivity contribution in [1.82, 2.24) is 14.7 Å². The molecular formula is C14H14Cl2N4O3. The Hall–Kier alpha value is -2.12. The first-order chi connectivity index (χ1) is 10.8. The zero-order valence-electron chi connectivity index (χ0n) is 12.5. The molecule has 0 aliphatic carbocycles. The second-order valence-corrected chi connectivity index (χ2v) is 5.68. The highest BCUT2D eigenvalue weighted by Crippen LogP contribution is 2.26. The topological polar surface area (TPSA) is 81.3 Å². The average Bonchev–Trinajstić information content (AvgIpc) is 2.87. The molecule has 2 rings (SSSR count). The molecule has 0 unspecified atom stereocenters. The molecule has 23 heavy (non-hydrogen) atoms. The normalized spacial score (nSPS) is 10.6. The van der Waals surface area contributed by atoms with Crippen LogP contribution < -0.4 is 0 Å². The largest absolute Gasteiger partial charge is 0.336 e. The fourth-order valence-electron chi connectivity index (χ4n) is 2.01. The molecule has 0 atom stereocenters. The summed E-state index contributed by atoms with van der Waals surface area (Å²) >= 11 is 11.8. The van der Waals surface area contributed by atoms with Crippen LogP contribution in [-0.4, -0.2) is 32.6 Å². The van der Waals surface area contributed by atoms with Gasteiger partial charge < -0.3 is 4.90 Å². The number of hydrogen-bond acceptors (Lipinski definition) is 4. The van der Waals surface area contributed by atoms with Gasteiger partial charge in [-0.15, -0.1) is 0 Å². The minimum atomic E-state index is -0.626. The number of nitro groups is 1. The minimum Gasteiger partial charge on any atom is -0.336 e. The molecule has 0 spiro atoms. The molecule has 0 fully saturated rings. The van der Waals surface area contributed by atoms with Gasteiger partial charge in [-0.05, 0) is 19.1 Å². The zero-order valence-corrected chi connectivity index (χ0v) is 14.0. The highest BCUT2D eigenvalue weighted by Gasteiger charge is 2.20. The molecule has 0 saturated heterocycles. The minimum absolute atomic E-state index is 0.0149. The van der Waals surface area contributed by atoms with Gasteiger partial charge in [0.2, 0.25) is 0 Å². The van der Waals surface area contributed by atoms with E-state index in [-0.39, 0.29) is 28.7 Å². The molecule has 9 heteroatoms. The van der Waals surface area contributed by atoms with Crippen LogP contribution in [0.25, 0.3) is 0 Å². The molecular weight excluding hydrogens is 343 g/mol. The highest BCUT2D eigenvalue weighted by atomic mass is 35.5. The summed E-state index contributed by atoms with van der Waals surface area (Å²) in [6.07, 6.45) is 1.68. The molecule has 1 aromatic heterocycles. The Kier molecular flexibility index (Phi) is 5.23. The van der Waals surface area contributed by atoms with E-state index >= 15 is 0 Å². The smallest absolute Gasteiger partial charge is 0.288 e. The maximum absolute atomic E-state index is 12.4. The van der Waals surface area contributed by atoms with E-state index in [9.17, 15) is 14.9 Å². The Morgan fingerprint density at radius 2 is 2.09 bits per heavy atom. The monoisotopic (exact) mass is 356 g/mol. The van der Waals surface area contributed by atoms with Crippen molar-refractivity contribution >= 4 is 34.8 Å². The van der Waals surface area contributed by atoms with Crippen molar-refractivity contribution in [2.75, 3.05) is 7.05 Å². The van der Waals surface area contributed by atoms with Crippen molar-refractivity contribution in [3.05, 3.63) is 55.8 Å². The number of carbonyl (C=O) groups is 1. The lowest BCUT2D eigenvalue weighted by atomic mass is 10.1. The molecule has 122 valence electrons. The average molecular weight is 357 g/mol. The van der Waals surface area contributed by atoms with Gasteiger partial charge in [0.05, 0.1) is 16.5 Å². The predicted molar refractivity (Wildman–Crippen MR) is 86.8 cm³/mol. The van der Waals surface area contributed by atoms with Crippen LogP contribution in [0.3, 0.4) is 0 Å². The lowest BCUT2D eigenvalue weighted by Crippen LogP contribution is -2.26. The molecule has 7 nitrogen and oxygen atoms in total. The van der Waals surface area contributed by atoms with E-state index in [4.69, 9.17) is 23.2 Å². The van der Waals surface area contributed by atoms with E-state index in [0.717, 1.165) is 6.07 Å². The van der Waals surface area contributed by atoms with Crippen LogP contribution in [0.15, 0.2) is 24.4 Å². The molecule has 1 heterocycles. The number of amides is 1. The Labute approximate surface area is 142 Å². The lowest BCUT2D eigenvalue weighted by molar-refractivity contribution is -0.384. The molecule has 1 amide bonds. The van der Waals surface area contributed by atoms with Crippen LogP contribution in [0, 0.1) is 10.1 Å². The number of hydrogen-bond donors (Lipinski definition) is 0. The third kappa shape index (κ3) is 3.80. The fraction of sp³-hybridized carbons (Fsp3) is 0.286. The molecule has 1 aromatic carbocycles. The number of rotatable bonds is 5. The van der Waals surface area contributed by atoms with Crippen LogP contribution in [-0.2, 0) is 13.1 Å². The number of halogens is 2. The first-order valence-electron chi connectivity index (χ1n) is 6.74. The molecule has 0 saturated carbocycles. The second kappa shape index (κ2) is 6.97. The molecule has 0 aliphatic rings. The van der Waals surface area contributed by atoms with Gasteiger partial charge in [0.1, 0.15) is 10.7 Å². The summed E-state index contributed by atoms with van der Waals surface area (Å²) < 4.78 is 1.67. The second-order valence-electron chi connectivity index (χ2n) is 4.86. The molecule has 0 bridgehead atoms. The summed E-state index contributed by atoms with van der Waals surface area (Å²) in [4.78, 5) is 24.1. The maximum Gasteiger partial charge on any atom is 0.288 e. The molecule has 0 radical (unpaired) electrons. The highest BCUT2D eigenvalue weighted by molar-refractivity contribution is 6.32. The van der Waals surface area contributed by atoms with Crippen molar-refractivity contribution in [2.24, 2.45) is 0 Å². The SMILES string of the molecule is CCn1cc(Cl)c(CN(C)C(=O)c2ccc(Cl)c([N+](=O)[O-])c2)n1. The maximum atomic E-state index is 12.4. The fourth-order valence-corrected chi connectivity index (χ4v) is 2.41. The zero-order chi connectivity index (χ0) is 17.1. The first kappa shape index (κ1) is 17.2. The first-order valence-corrected chi connectivity index (χ1v) is 7.50. The summed E-state index contributed by atoms with van der Waals surface area (Å²) in [5, 5.41) is 15.6. The third-order valence-electron chi connectivity index (χ3n) is 3.23. The van der Waals surface area contributed by atoms with Gasteiger partial charge in [-0.3, -0.25) is 19.6 Å². The van der Waals surface area contributed by atoms with E-state index in [1.54, 1.807) is 17.9 Å². The van der Waals surface area contributed by atoms with Crippen molar-refractivity contribution in [1.29, 1.82) is 0 Å². The molecule has 0 aliphatic heterocycles. The summed E-state index contributed by atoms with van der Waals surface area (Å²) in [5.41, 5.74) is 0.432. The van der Waals surface area contributed by atoms with Gasteiger partial charge in [-0.25, -0.2) is 0 Å². The molecule has 0 N–H and O–H groups in total. The van der Waals surface area contributed by atoms with Crippen molar-refractivity contribution in [2.45, 2.75) is 20.0 Å². The van der Waals surface area contributed by atoms with Crippen molar-refractivity contribution in [3.63, 3.8) is 0 Å². The summed E-state index contributed by atoms with van der Waals surface area (Å²) in [6.45, 7) is 2.79. The number of nitro benzene ring substituents is 1. The standard InChI is InChI=1S/C14H14Cl2N4O3/c1-3-19-7-11(16)12(17-19)8-18(2)14(21)9-4-5-10(15)13(6-9)20(22)23/h4-7H,3,8H2,1-2H3. The van der Waals surface area contributed by atoms with Gasteiger partial charge in [0.25, 0.3) is 11.6 Å². The molecule has 2 aromatic rings. The predicted octanol–water partition coefficient (Wildman–Crippen LogP) is 3.39. The van der Waals surface area contributed by atoms with Gasteiger partial charge in [-0.2, -0.15) is 5.10 Å². The summed E-state index contributed by atoms with van der Waals surface area (Å²) in [7, 11) is 1.57. The Morgan fingerprint density at radius 1 is 1.39 bits per heavy atom. The van der Waals surface area contributed by atoms with Gasteiger partial charge in [0, 0.05) is 31.4 Å². The van der Waals surface area contributed by atoms with E-state index in [0.29, 0.717) is 17.3 Å². The number of benzene rings is 1. The Balaban J connectivity index is 2.21. The number of nitrogens with zero attached hydrogens (tertiary/aromatic N) is 4. The van der Waals surface area contributed by atoms with Crippen LogP contribution >= 0.6 is 23.2 Å². The van der Waals surface area contributed by atoms with E-state index in [1.807, 2.05) is 6.92 Å². The van der Waals surface area contributed by atoms with Crippen LogP contribution in [0.1, 0.15) is 23.0 Å². The summed E-state index contributed by atoms with van der Waals surface area (Å²) in [5.74, 6) is -0.383. The van der Waals surface area contributed by atoms with E-state index in [2.05, 4.69) is 5.10 Å². The third-order valence-corrected chi connectivity index (χ3v) is 3.87. The van der Waals surface area contributed by atoms with E-state index in [1.165, 1.54) is 17.0 Å². The van der Waals surface area contributed by atoms with Crippen LogP contribution in [0.2, 0.25) is 10.0 Å². The Bertz CT molecular complexity index is 760. The van der Waals surface area contributed by atoms with Gasteiger partial charge in [0.15, 0.2) is 0 Å². The van der Waals surface area contributed by atoms with Gasteiger partial charge in [-0.1, -0.05) is 23.2 Å². The van der Waals surface area contributed by atoms with Crippen molar-refractivity contribution in [3.8, 4) is 0 Å². The number of aromatic nitrogens is 2. The quantitative estimate of drug-likeness (QED) is 0.607. The van der Waals surface area contributed by atoms with Crippen molar-refractivity contribution < 1.29 is 9.72 Å².